The van der Waals surface area contributed by atoms with Gasteiger partial charge in [-0.05, 0) is 46.9 Å². The second-order valence-electron chi connectivity index (χ2n) is 7.72. The Balaban J connectivity index is 1.54. The minimum absolute atomic E-state index is 0.113. The molecule has 0 radical (unpaired) electrons. The lowest BCUT2D eigenvalue weighted by molar-refractivity contribution is 0.282. The summed E-state index contributed by atoms with van der Waals surface area (Å²) in [5.74, 6) is -2.05. The number of ether oxygens (including phenoxy) is 1. The van der Waals surface area contributed by atoms with Gasteiger partial charge in [-0.25, -0.2) is 13.2 Å². The summed E-state index contributed by atoms with van der Waals surface area (Å²) in [6, 6.07) is 21.5. The third-order valence-electron chi connectivity index (χ3n) is 5.48. The lowest BCUT2D eigenvalue weighted by Crippen LogP contribution is -1.94. The molecule has 34 heavy (non-hydrogen) atoms. The summed E-state index contributed by atoms with van der Waals surface area (Å²) in [7, 11) is 0. The van der Waals surface area contributed by atoms with Crippen LogP contribution < -0.4 is 4.74 Å². The van der Waals surface area contributed by atoms with Crippen LogP contribution in [0.1, 0.15) is 23.6 Å². The van der Waals surface area contributed by atoms with Crippen LogP contribution >= 0.6 is 0 Å². The normalized spacial score (nSPS) is 11.2. The number of aliphatic hydroxyl groups is 1. The molecule has 172 valence electrons. The van der Waals surface area contributed by atoms with Gasteiger partial charge in [-0.2, -0.15) is 0 Å². The molecular weight excluding hydrogens is 437 g/mol. The van der Waals surface area contributed by atoms with Gasteiger partial charge in [0.15, 0.2) is 23.2 Å². The summed E-state index contributed by atoms with van der Waals surface area (Å²) in [5.41, 5.74) is 3.61. The van der Waals surface area contributed by atoms with Gasteiger partial charge < -0.3 is 9.84 Å². The van der Waals surface area contributed by atoms with Crippen molar-refractivity contribution in [3.63, 3.8) is 0 Å². The van der Waals surface area contributed by atoms with Gasteiger partial charge in [0.25, 0.3) is 0 Å². The minimum Gasteiger partial charge on any atom is -0.491 e. The number of halogens is 3. The first kappa shape index (κ1) is 23.3. The molecule has 1 N–H and O–H groups in total. The highest BCUT2D eigenvalue weighted by molar-refractivity contribution is 5.74. The first-order valence-corrected chi connectivity index (χ1v) is 10.9. The van der Waals surface area contributed by atoms with Crippen molar-refractivity contribution in [2.45, 2.75) is 13.5 Å². The van der Waals surface area contributed by atoms with Crippen molar-refractivity contribution in [3.05, 3.63) is 113 Å². The Hall–Kier alpha value is -3.83. The van der Waals surface area contributed by atoms with E-state index in [0.29, 0.717) is 28.9 Å². The van der Waals surface area contributed by atoms with E-state index >= 15 is 0 Å². The highest BCUT2D eigenvalue weighted by Crippen LogP contribution is 2.32. The molecule has 4 aromatic rings. The molecule has 4 rings (SSSR count). The van der Waals surface area contributed by atoms with Crippen molar-refractivity contribution in [3.8, 4) is 28.0 Å². The van der Waals surface area contributed by atoms with Crippen LogP contribution in [0.15, 0.2) is 78.9 Å². The SMILES string of the molecule is CCOc1ccc(/C=C/c2ccc(-c3ccc(-c4ccc(CO)cc4)c(F)c3F)cc2)cc1F. The maximum Gasteiger partial charge on any atom is 0.167 e. The zero-order chi connectivity index (χ0) is 24.1. The van der Waals surface area contributed by atoms with Gasteiger partial charge in [0.05, 0.1) is 13.2 Å². The fraction of sp³-hybridized carbons (Fsp3) is 0.103. The molecule has 0 fully saturated rings. The highest BCUT2D eigenvalue weighted by Gasteiger charge is 2.16. The molecule has 0 heterocycles. The van der Waals surface area contributed by atoms with Crippen LogP contribution in [0.25, 0.3) is 34.4 Å². The molecule has 5 heteroatoms. The molecule has 4 aromatic carbocycles. The number of aliphatic hydroxyl groups excluding tert-OH is 1. The Bertz CT molecular complexity index is 1310. The summed E-state index contributed by atoms with van der Waals surface area (Å²) in [6.45, 7) is 2.07. The van der Waals surface area contributed by atoms with Crippen LogP contribution in [-0.4, -0.2) is 11.7 Å². The number of hydrogen-bond acceptors (Lipinski definition) is 2. The summed E-state index contributed by atoms with van der Waals surface area (Å²) in [6.07, 6.45) is 3.58. The van der Waals surface area contributed by atoms with Gasteiger partial charge in [0.2, 0.25) is 0 Å². The van der Waals surface area contributed by atoms with E-state index in [1.54, 1.807) is 85.8 Å². The molecule has 2 nitrogen and oxygen atoms in total. The van der Waals surface area contributed by atoms with Crippen LogP contribution in [-0.2, 0) is 6.61 Å². The fourth-order valence-electron chi connectivity index (χ4n) is 3.64. The average Bonchev–Trinajstić information content (AvgIpc) is 2.86. The first-order valence-electron chi connectivity index (χ1n) is 10.9. The van der Waals surface area contributed by atoms with E-state index in [1.165, 1.54) is 6.07 Å². The van der Waals surface area contributed by atoms with Crippen LogP contribution in [0.2, 0.25) is 0 Å². The first-order chi connectivity index (χ1) is 16.5. The molecule has 0 saturated heterocycles. The quantitative estimate of drug-likeness (QED) is 0.289. The Morgan fingerprint density at radius 1 is 0.706 bits per heavy atom. The van der Waals surface area contributed by atoms with E-state index in [1.807, 2.05) is 6.08 Å². The van der Waals surface area contributed by atoms with Gasteiger partial charge in [0, 0.05) is 11.1 Å². The van der Waals surface area contributed by atoms with E-state index in [4.69, 9.17) is 9.84 Å². The molecule has 0 spiro atoms. The van der Waals surface area contributed by atoms with Crippen molar-refractivity contribution in [1.82, 2.24) is 0 Å². The van der Waals surface area contributed by atoms with E-state index in [2.05, 4.69) is 0 Å². The van der Waals surface area contributed by atoms with Crippen molar-refractivity contribution in [2.24, 2.45) is 0 Å². The summed E-state index contributed by atoms with van der Waals surface area (Å²) < 4.78 is 49.0. The lowest BCUT2D eigenvalue weighted by atomic mass is 9.97. The van der Waals surface area contributed by atoms with Crippen molar-refractivity contribution < 1.29 is 23.0 Å². The third kappa shape index (κ3) is 5.05. The van der Waals surface area contributed by atoms with E-state index in [9.17, 15) is 13.2 Å². The highest BCUT2D eigenvalue weighted by atomic mass is 19.2. The lowest BCUT2D eigenvalue weighted by Gasteiger charge is -2.10. The summed E-state index contributed by atoms with van der Waals surface area (Å²) in [5, 5.41) is 9.15. The van der Waals surface area contributed by atoms with Crippen molar-refractivity contribution in [2.75, 3.05) is 6.61 Å². The average molecular weight is 460 g/mol. The zero-order valence-electron chi connectivity index (χ0n) is 18.6. The van der Waals surface area contributed by atoms with Gasteiger partial charge in [-0.15, -0.1) is 0 Å². The minimum atomic E-state index is -0.921. The van der Waals surface area contributed by atoms with Gasteiger partial charge in [0.1, 0.15) is 0 Å². The van der Waals surface area contributed by atoms with Crippen molar-refractivity contribution in [1.29, 1.82) is 0 Å². The number of hydrogen-bond donors (Lipinski definition) is 1. The molecule has 0 aliphatic rings. The van der Waals surface area contributed by atoms with E-state index in [-0.39, 0.29) is 23.5 Å². The third-order valence-corrected chi connectivity index (χ3v) is 5.48. The maximum absolute atomic E-state index is 14.9. The molecule has 0 bridgehead atoms. The smallest absolute Gasteiger partial charge is 0.167 e. The van der Waals surface area contributed by atoms with Crippen LogP contribution in [0.5, 0.6) is 5.75 Å². The standard InChI is InChI=1S/C29H23F3O2/c1-2-34-27-16-9-20(17-26(27)30)4-3-19-5-10-22(11-6-19)24-14-15-25(29(32)28(24)31)23-12-7-21(18-33)8-13-23/h3-17,33H,2,18H2,1H3/b4-3+. The van der Waals surface area contributed by atoms with E-state index in [0.717, 1.165) is 5.56 Å². The molecular formula is C29H23F3O2. The second kappa shape index (κ2) is 10.4. The topological polar surface area (TPSA) is 29.5 Å². The Kier molecular flexibility index (Phi) is 7.14. The fourth-order valence-corrected chi connectivity index (χ4v) is 3.64. The van der Waals surface area contributed by atoms with Crippen LogP contribution in [0, 0.1) is 17.5 Å². The van der Waals surface area contributed by atoms with Crippen LogP contribution in [0.4, 0.5) is 13.2 Å². The van der Waals surface area contributed by atoms with E-state index < -0.39 is 17.5 Å². The molecule has 0 aliphatic carbocycles. The van der Waals surface area contributed by atoms with Crippen molar-refractivity contribution >= 4 is 12.2 Å². The second-order valence-corrected chi connectivity index (χ2v) is 7.72. The molecule has 0 unspecified atom stereocenters. The summed E-state index contributed by atoms with van der Waals surface area (Å²) >= 11 is 0. The molecule has 0 amide bonds. The Labute approximate surface area is 196 Å². The molecule has 0 aliphatic heterocycles. The number of benzene rings is 4. The monoisotopic (exact) mass is 460 g/mol. The molecule has 0 atom stereocenters. The largest absolute Gasteiger partial charge is 0.491 e. The number of rotatable bonds is 7. The Morgan fingerprint density at radius 3 is 1.76 bits per heavy atom. The summed E-state index contributed by atoms with van der Waals surface area (Å²) in [4.78, 5) is 0. The zero-order valence-corrected chi connectivity index (χ0v) is 18.6. The molecule has 0 saturated carbocycles. The Morgan fingerprint density at radius 2 is 1.24 bits per heavy atom. The van der Waals surface area contributed by atoms with Gasteiger partial charge in [-0.3, -0.25) is 0 Å². The predicted molar refractivity (Wildman–Crippen MR) is 130 cm³/mol. The maximum atomic E-state index is 14.9. The predicted octanol–water partition coefficient (Wildman–Crippen LogP) is 7.50. The van der Waals surface area contributed by atoms with Gasteiger partial charge in [-0.1, -0.05) is 78.9 Å². The molecule has 0 aromatic heterocycles. The van der Waals surface area contributed by atoms with Gasteiger partial charge >= 0.3 is 0 Å². The van der Waals surface area contributed by atoms with Crippen LogP contribution in [0.3, 0.4) is 0 Å².